The van der Waals surface area contributed by atoms with E-state index in [0.717, 1.165) is 32.7 Å². The molecule has 5 nitrogen and oxygen atoms in total. The lowest BCUT2D eigenvalue weighted by Crippen LogP contribution is -2.12. The van der Waals surface area contributed by atoms with Gasteiger partial charge in [0.05, 0.1) is 6.20 Å². The topological polar surface area (TPSA) is 66.9 Å². The molecule has 128 valence electrons. The van der Waals surface area contributed by atoms with Gasteiger partial charge in [-0.05, 0) is 59.5 Å². The number of para-hydroxylation sites is 1. The van der Waals surface area contributed by atoms with Crippen LogP contribution in [-0.2, 0) is 0 Å². The molecule has 2 heterocycles. The lowest BCUT2D eigenvalue weighted by molar-refractivity contribution is 0.103. The van der Waals surface area contributed by atoms with E-state index in [4.69, 9.17) is 0 Å². The van der Waals surface area contributed by atoms with E-state index in [1.807, 2.05) is 45.0 Å². The minimum atomic E-state index is -0.163. The molecule has 0 spiro atoms. The Bertz CT molecular complexity index is 918. The minimum absolute atomic E-state index is 0.163. The summed E-state index contributed by atoms with van der Waals surface area (Å²) in [6, 6.07) is 7.90. The number of hydrogen-bond acceptors (Lipinski definition) is 5. The molecule has 0 unspecified atom stereocenters. The van der Waals surface area contributed by atoms with Crippen molar-refractivity contribution in [3.8, 4) is 0 Å². The lowest BCUT2D eigenvalue weighted by Gasteiger charge is -2.10. The van der Waals surface area contributed by atoms with Gasteiger partial charge < -0.3 is 10.6 Å². The van der Waals surface area contributed by atoms with Crippen molar-refractivity contribution in [3.05, 3.63) is 62.7 Å². The predicted molar refractivity (Wildman–Crippen MR) is 106 cm³/mol. The second kappa shape index (κ2) is 7.33. The van der Waals surface area contributed by atoms with Gasteiger partial charge in [0.25, 0.3) is 5.91 Å². The van der Waals surface area contributed by atoms with Gasteiger partial charge in [0.1, 0.15) is 10.7 Å². The first-order chi connectivity index (χ1) is 11.9. The molecule has 0 saturated heterocycles. The van der Waals surface area contributed by atoms with E-state index in [2.05, 4.69) is 36.5 Å². The number of aromatic nitrogens is 2. The Kier molecular flexibility index (Phi) is 5.15. The fraction of sp³-hybridized carbons (Fsp3) is 0.167. The van der Waals surface area contributed by atoms with Crippen LogP contribution in [0.3, 0.4) is 0 Å². The zero-order chi connectivity index (χ0) is 18.0. The first kappa shape index (κ1) is 17.6. The van der Waals surface area contributed by atoms with Gasteiger partial charge in [0.2, 0.25) is 0 Å². The Labute approximate surface area is 158 Å². The monoisotopic (exact) mass is 416 g/mol. The zero-order valence-electron chi connectivity index (χ0n) is 14.1. The average Bonchev–Trinajstić information content (AvgIpc) is 3.02. The summed E-state index contributed by atoms with van der Waals surface area (Å²) in [6.45, 7) is 5.91. The molecule has 1 amide bonds. The molecule has 3 aromatic rings. The van der Waals surface area contributed by atoms with Gasteiger partial charge in [-0.3, -0.25) is 4.79 Å². The van der Waals surface area contributed by atoms with Gasteiger partial charge in [0.15, 0.2) is 5.13 Å². The Morgan fingerprint density at radius 3 is 2.48 bits per heavy atom. The Morgan fingerprint density at radius 2 is 1.80 bits per heavy atom. The lowest BCUT2D eigenvalue weighted by atomic mass is 10.1. The Hall–Kier alpha value is -2.25. The van der Waals surface area contributed by atoms with Gasteiger partial charge in [-0.1, -0.05) is 29.5 Å². The first-order valence-electron chi connectivity index (χ1n) is 7.66. The van der Waals surface area contributed by atoms with Gasteiger partial charge in [0, 0.05) is 16.4 Å². The van der Waals surface area contributed by atoms with Crippen LogP contribution in [0.2, 0.25) is 0 Å². The van der Waals surface area contributed by atoms with Crippen LogP contribution in [0.1, 0.15) is 26.4 Å². The number of carbonyl (C=O) groups excluding carboxylic acids is 1. The van der Waals surface area contributed by atoms with Crippen molar-refractivity contribution in [2.45, 2.75) is 20.8 Å². The molecule has 0 aliphatic carbocycles. The molecule has 0 saturated carbocycles. The molecular weight excluding hydrogens is 400 g/mol. The molecule has 0 aliphatic rings. The van der Waals surface area contributed by atoms with Crippen LogP contribution in [0.25, 0.3) is 0 Å². The number of nitrogens with zero attached hydrogens (tertiary/aromatic N) is 2. The Morgan fingerprint density at radius 1 is 1.08 bits per heavy atom. The molecule has 2 aromatic heterocycles. The van der Waals surface area contributed by atoms with E-state index in [9.17, 15) is 4.79 Å². The van der Waals surface area contributed by atoms with E-state index in [-0.39, 0.29) is 5.91 Å². The zero-order valence-corrected chi connectivity index (χ0v) is 16.5. The van der Waals surface area contributed by atoms with Crippen LogP contribution < -0.4 is 10.6 Å². The summed E-state index contributed by atoms with van der Waals surface area (Å²) in [6.07, 6.45) is 3.29. The predicted octanol–water partition coefficient (Wildman–Crippen LogP) is 5.22. The second-order valence-corrected chi connectivity index (χ2v) is 7.64. The van der Waals surface area contributed by atoms with Gasteiger partial charge >= 0.3 is 0 Å². The number of aryl methyl sites for hydroxylation is 3. The Balaban J connectivity index is 1.75. The molecule has 1 aromatic carbocycles. The summed E-state index contributed by atoms with van der Waals surface area (Å²) in [4.78, 5) is 21.7. The van der Waals surface area contributed by atoms with Crippen molar-refractivity contribution in [1.82, 2.24) is 9.97 Å². The molecular formula is C18H17BrN4OS. The molecule has 7 heteroatoms. The summed E-state index contributed by atoms with van der Waals surface area (Å²) in [5, 5.41) is 6.76. The largest absolute Gasteiger partial charge is 0.321 e. The number of benzene rings is 1. The van der Waals surface area contributed by atoms with Crippen molar-refractivity contribution >= 4 is 49.8 Å². The number of nitrogens with one attached hydrogen (secondary N) is 2. The van der Waals surface area contributed by atoms with E-state index in [1.54, 1.807) is 12.4 Å². The highest BCUT2D eigenvalue weighted by Crippen LogP contribution is 2.26. The number of rotatable bonds is 4. The molecule has 0 atom stereocenters. The number of hydrogen-bond donors (Lipinski definition) is 2. The number of anilines is 3. The third kappa shape index (κ3) is 4.05. The summed E-state index contributed by atoms with van der Waals surface area (Å²) >= 11 is 4.69. The van der Waals surface area contributed by atoms with E-state index < -0.39 is 0 Å². The quantitative estimate of drug-likeness (QED) is 0.611. The SMILES string of the molecule is Cc1cc(Br)cnc1Nc1ncc(C(=O)Nc2c(C)cccc2C)s1. The van der Waals surface area contributed by atoms with E-state index >= 15 is 0 Å². The van der Waals surface area contributed by atoms with Gasteiger partial charge in [-0.15, -0.1) is 0 Å². The first-order valence-corrected chi connectivity index (χ1v) is 9.27. The third-order valence-corrected chi connectivity index (χ3v) is 5.06. The van der Waals surface area contributed by atoms with Crippen LogP contribution in [0, 0.1) is 20.8 Å². The normalized spacial score (nSPS) is 10.6. The minimum Gasteiger partial charge on any atom is -0.321 e. The van der Waals surface area contributed by atoms with Gasteiger partial charge in [-0.25, -0.2) is 9.97 Å². The van der Waals surface area contributed by atoms with Crippen LogP contribution in [0.15, 0.2) is 41.1 Å². The number of halogens is 1. The van der Waals surface area contributed by atoms with Crippen molar-refractivity contribution < 1.29 is 4.79 Å². The van der Waals surface area contributed by atoms with Gasteiger partial charge in [-0.2, -0.15) is 0 Å². The second-order valence-electron chi connectivity index (χ2n) is 5.69. The molecule has 3 rings (SSSR count). The number of thiazole rings is 1. The highest BCUT2D eigenvalue weighted by molar-refractivity contribution is 9.10. The summed E-state index contributed by atoms with van der Waals surface area (Å²) in [5.41, 5.74) is 3.91. The number of pyridine rings is 1. The maximum Gasteiger partial charge on any atom is 0.267 e. The van der Waals surface area contributed by atoms with E-state index in [1.165, 1.54) is 11.3 Å². The summed E-state index contributed by atoms with van der Waals surface area (Å²) in [7, 11) is 0. The number of carbonyl (C=O) groups is 1. The molecule has 0 radical (unpaired) electrons. The average molecular weight is 417 g/mol. The van der Waals surface area contributed by atoms with Crippen molar-refractivity contribution in [2.24, 2.45) is 0 Å². The van der Waals surface area contributed by atoms with Crippen LogP contribution in [0.4, 0.5) is 16.6 Å². The fourth-order valence-electron chi connectivity index (χ4n) is 2.40. The molecule has 0 aliphatic heterocycles. The molecule has 25 heavy (non-hydrogen) atoms. The van der Waals surface area contributed by atoms with Crippen LogP contribution in [-0.4, -0.2) is 15.9 Å². The van der Waals surface area contributed by atoms with E-state index in [0.29, 0.717) is 10.0 Å². The molecule has 0 bridgehead atoms. The fourth-order valence-corrected chi connectivity index (χ4v) is 3.55. The maximum atomic E-state index is 12.5. The highest BCUT2D eigenvalue weighted by Gasteiger charge is 2.14. The van der Waals surface area contributed by atoms with Crippen molar-refractivity contribution in [1.29, 1.82) is 0 Å². The smallest absolute Gasteiger partial charge is 0.267 e. The summed E-state index contributed by atoms with van der Waals surface area (Å²) in [5.74, 6) is 0.558. The highest BCUT2D eigenvalue weighted by atomic mass is 79.9. The van der Waals surface area contributed by atoms with Crippen molar-refractivity contribution in [2.75, 3.05) is 10.6 Å². The summed E-state index contributed by atoms with van der Waals surface area (Å²) < 4.78 is 0.920. The molecule has 0 fully saturated rings. The maximum absolute atomic E-state index is 12.5. The molecule has 2 N–H and O–H groups in total. The van der Waals surface area contributed by atoms with Crippen LogP contribution >= 0.6 is 27.3 Å². The number of amides is 1. The van der Waals surface area contributed by atoms with Crippen LogP contribution in [0.5, 0.6) is 0 Å². The third-order valence-electron chi connectivity index (χ3n) is 3.72. The van der Waals surface area contributed by atoms with Crippen molar-refractivity contribution in [3.63, 3.8) is 0 Å². The standard InChI is InChI=1S/C18H17BrN4OS/c1-10-5-4-6-11(2)15(10)22-17(24)14-9-21-18(25-14)23-16-12(3)7-13(19)8-20-16/h4-9H,1-3H3,(H,22,24)(H,20,21,23).